The highest BCUT2D eigenvalue weighted by molar-refractivity contribution is 5.73. The maximum absolute atomic E-state index is 12.1. The molecule has 0 aromatic heterocycles. The second-order valence-corrected chi connectivity index (χ2v) is 4.54. The van der Waals surface area contributed by atoms with Gasteiger partial charge in [-0.2, -0.15) is 0 Å². The van der Waals surface area contributed by atoms with Crippen LogP contribution >= 0.6 is 0 Å². The van der Waals surface area contributed by atoms with Gasteiger partial charge in [-0.3, -0.25) is 4.79 Å². The average molecular weight is 244 g/mol. The van der Waals surface area contributed by atoms with E-state index in [9.17, 15) is 4.79 Å². The Labute approximate surface area is 106 Å². The van der Waals surface area contributed by atoms with Gasteiger partial charge in [0.1, 0.15) is 6.61 Å². The fourth-order valence-corrected chi connectivity index (χ4v) is 2.67. The van der Waals surface area contributed by atoms with Crippen molar-refractivity contribution in [3.63, 3.8) is 0 Å². The molecule has 0 aliphatic rings. The Morgan fingerprint density at radius 1 is 1.06 bits per heavy atom. The third-order valence-electron chi connectivity index (χ3n) is 4.08. The van der Waals surface area contributed by atoms with Crippen LogP contribution in [0.15, 0.2) is 0 Å². The lowest BCUT2D eigenvalue weighted by atomic mass is 9.68. The number of methoxy groups -OCH3 is 1. The summed E-state index contributed by atoms with van der Waals surface area (Å²) in [5.41, 5.74) is 0.0961. The molecule has 0 N–H and O–H groups in total. The van der Waals surface area contributed by atoms with Crippen LogP contribution in [0, 0.1) is 11.3 Å². The van der Waals surface area contributed by atoms with E-state index in [2.05, 4.69) is 27.7 Å². The van der Waals surface area contributed by atoms with Gasteiger partial charge < -0.3 is 9.47 Å². The number of esters is 1. The molecule has 0 amide bonds. The first kappa shape index (κ1) is 16.4. The van der Waals surface area contributed by atoms with Crippen LogP contribution in [0.5, 0.6) is 0 Å². The normalized spacial score (nSPS) is 13.5. The Bertz CT molecular complexity index is 201. The highest BCUT2D eigenvalue weighted by atomic mass is 16.6. The zero-order valence-corrected chi connectivity index (χ0v) is 12.0. The van der Waals surface area contributed by atoms with Crippen molar-refractivity contribution in [2.45, 2.75) is 53.4 Å². The lowest BCUT2D eigenvalue weighted by Gasteiger charge is -2.37. The molecule has 0 aromatic rings. The van der Waals surface area contributed by atoms with Crippen LogP contribution in [0.4, 0.5) is 0 Å². The quantitative estimate of drug-likeness (QED) is 0.460. The van der Waals surface area contributed by atoms with Gasteiger partial charge in [-0.25, -0.2) is 0 Å². The van der Waals surface area contributed by atoms with Crippen LogP contribution in [-0.4, -0.2) is 26.3 Å². The molecular weight excluding hydrogens is 216 g/mol. The summed E-state index contributed by atoms with van der Waals surface area (Å²) >= 11 is 0. The number of ether oxygens (including phenoxy) is 2. The topological polar surface area (TPSA) is 35.5 Å². The standard InChI is InChI=1S/C14H28O3/c1-6-12(13(15)17-11-10-16-5)14(7-2,8-3)9-4/h12H,6-11H2,1-5H3. The Balaban J connectivity index is 4.61. The van der Waals surface area contributed by atoms with Crippen molar-refractivity contribution < 1.29 is 14.3 Å². The predicted octanol–water partition coefficient (Wildman–Crippen LogP) is 3.42. The van der Waals surface area contributed by atoms with Crippen molar-refractivity contribution in [2.24, 2.45) is 11.3 Å². The minimum Gasteiger partial charge on any atom is -0.463 e. The monoisotopic (exact) mass is 244 g/mol. The fraction of sp³-hybridized carbons (Fsp3) is 0.929. The number of hydrogen-bond acceptors (Lipinski definition) is 3. The van der Waals surface area contributed by atoms with E-state index < -0.39 is 0 Å². The summed E-state index contributed by atoms with van der Waals surface area (Å²) in [6, 6.07) is 0. The van der Waals surface area contributed by atoms with E-state index in [0.717, 1.165) is 25.7 Å². The third kappa shape index (κ3) is 4.30. The first-order valence-corrected chi connectivity index (χ1v) is 6.77. The zero-order chi connectivity index (χ0) is 13.3. The molecular formula is C14H28O3. The highest BCUT2D eigenvalue weighted by Gasteiger charge is 2.38. The molecule has 0 spiro atoms. The zero-order valence-electron chi connectivity index (χ0n) is 12.0. The van der Waals surface area contributed by atoms with Crippen molar-refractivity contribution in [1.82, 2.24) is 0 Å². The maximum atomic E-state index is 12.1. The van der Waals surface area contributed by atoms with E-state index in [1.54, 1.807) is 7.11 Å². The maximum Gasteiger partial charge on any atom is 0.309 e. The van der Waals surface area contributed by atoms with Crippen LogP contribution in [0.1, 0.15) is 53.4 Å². The van der Waals surface area contributed by atoms with Gasteiger partial charge in [0.15, 0.2) is 0 Å². The van der Waals surface area contributed by atoms with Gasteiger partial charge in [0, 0.05) is 7.11 Å². The van der Waals surface area contributed by atoms with Crippen molar-refractivity contribution in [2.75, 3.05) is 20.3 Å². The molecule has 0 aliphatic heterocycles. The second kappa shape index (κ2) is 8.51. The minimum absolute atomic E-state index is 0.0133. The van der Waals surface area contributed by atoms with Gasteiger partial charge in [0.2, 0.25) is 0 Å². The highest BCUT2D eigenvalue weighted by Crippen LogP contribution is 2.41. The van der Waals surface area contributed by atoms with Crippen LogP contribution in [0.25, 0.3) is 0 Å². The van der Waals surface area contributed by atoms with Gasteiger partial charge in [-0.15, -0.1) is 0 Å². The Hall–Kier alpha value is -0.570. The van der Waals surface area contributed by atoms with Gasteiger partial charge in [-0.1, -0.05) is 27.7 Å². The van der Waals surface area contributed by atoms with Gasteiger partial charge in [0.05, 0.1) is 12.5 Å². The lowest BCUT2D eigenvalue weighted by Crippen LogP contribution is -2.36. The molecule has 0 rings (SSSR count). The molecule has 1 unspecified atom stereocenters. The molecule has 0 saturated carbocycles. The molecule has 0 aromatic carbocycles. The summed E-state index contributed by atoms with van der Waals surface area (Å²) in [7, 11) is 1.61. The van der Waals surface area contributed by atoms with Crippen LogP contribution in [0.3, 0.4) is 0 Å². The number of hydrogen-bond donors (Lipinski definition) is 0. The van der Waals surface area contributed by atoms with E-state index in [0.29, 0.717) is 13.2 Å². The van der Waals surface area contributed by atoms with Crippen molar-refractivity contribution in [3.05, 3.63) is 0 Å². The molecule has 3 heteroatoms. The van der Waals surface area contributed by atoms with E-state index in [1.807, 2.05) is 0 Å². The molecule has 0 heterocycles. The van der Waals surface area contributed by atoms with E-state index in [-0.39, 0.29) is 17.3 Å². The van der Waals surface area contributed by atoms with Crippen molar-refractivity contribution in [1.29, 1.82) is 0 Å². The lowest BCUT2D eigenvalue weighted by molar-refractivity contribution is -0.155. The van der Waals surface area contributed by atoms with Crippen LogP contribution in [-0.2, 0) is 14.3 Å². The summed E-state index contributed by atoms with van der Waals surface area (Å²) in [4.78, 5) is 12.1. The summed E-state index contributed by atoms with van der Waals surface area (Å²) in [6.45, 7) is 9.39. The summed E-state index contributed by atoms with van der Waals surface area (Å²) in [5.74, 6) is -0.0468. The fourth-order valence-electron chi connectivity index (χ4n) is 2.67. The van der Waals surface area contributed by atoms with Gasteiger partial charge in [-0.05, 0) is 31.1 Å². The smallest absolute Gasteiger partial charge is 0.309 e. The molecule has 1 atom stereocenters. The Morgan fingerprint density at radius 3 is 1.94 bits per heavy atom. The predicted molar refractivity (Wildman–Crippen MR) is 69.9 cm³/mol. The summed E-state index contributed by atoms with van der Waals surface area (Å²) in [6.07, 6.45) is 3.93. The molecule has 0 fully saturated rings. The molecule has 0 saturated heterocycles. The van der Waals surface area contributed by atoms with Crippen LogP contribution < -0.4 is 0 Å². The molecule has 0 radical (unpaired) electrons. The summed E-state index contributed by atoms with van der Waals surface area (Å²) < 4.78 is 10.2. The van der Waals surface area contributed by atoms with Crippen molar-refractivity contribution in [3.8, 4) is 0 Å². The van der Waals surface area contributed by atoms with E-state index in [4.69, 9.17) is 9.47 Å². The largest absolute Gasteiger partial charge is 0.463 e. The van der Waals surface area contributed by atoms with Crippen molar-refractivity contribution >= 4 is 5.97 Å². The summed E-state index contributed by atoms with van der Waals surface area (Å²) in [5, 5.41) is 0. The molecule has 0 aliphatic carbocycles. The SMILES string of the molecule is CCC(C(=O)OCCOC)C(CC)(CC)CC. The molecule has 0 bridgehead atoms. The molecule has 102 valence electrons. The number of rotatable bonds is 9. The number of carbonyl (C=O) groups excluding carboxylic acids is 1. The Kier molecular flexibility index (Phi) is 8.23. The number of carbonyl (C=O) groups is 1. The average Bonchev–Trinajstić information content (AvgIpc) is 2.36. The molecule has 3 nitrogen and oxygen atoms in total. The van der Waals surface area contributed by atoms with E-state index >= 15 is 0 Å². The van der Waals surface area contributed by atoms with Gasteiger partial charge >= 0.3 is 5.97 Å². The Morgan fingerprint density at radius 2 is 1.59 bits per heavy atom. The third-order valence-corrected chi connectivity index (χ3v) is 4.08. The first-order valence-electron chi connectivity index (χ1n) is 6.77. The first-order chi connectivity index (χ1) is 8.11. The van der Waals surface area contributed by atoms with E-state index in [1.165, 1.54) is 0 Å². The molecule has 17 heavy (non-hydrogen) atoms. The van der Waals surface area contributed by atoms with Crippen LogP contribution in [0.2, 0.25) is 0 Å². The minimum atomic E-state index is -0.0601. The second-order valence-electron chi connectivity index (χ2n) is 4.54. The van der Waals surface area contributed by atoms with Gasteiger partial charge in [0.25, 0.3) is 0 Å².